The number of piperazine rings is 1. The van der Waals surface area contributed by atoms with E-state index >= 15 is 0 Å². The molecule has 0 N–H and O–H groups in total. The number of nitro groups is 1. The molecule has 3 aromatic rings. The van der Waals surface area contributed by atoms with Gasteiger partial charge in [-0.15, -0.1) is 0 Å². The van der Waals surface area contributed by atoms with Crippen molar-refractivity contribution in [2.45, 2.75) is 0 Å². The van der Waals surface area contributed by atoms with Gasteiger partial charge in [0.25, 0.3) is 11.6 Å². The monoisotopic (exact) mass is 513 g/mol. The van der Waals surface area contributed by atoms with Crippen molar-refractivity contribution in [1.29, 1.82) is 0 Å². The largest absolute Gasteiger partial charge is 0.495 e. The maximum atomic E-state index is 13.2. The summed E-state index contributed by atoms with van der Waals surface area (Å²) >= 11 is 1.53. The van der Waals surface area contributed by atoms with Crippen LogP contribution in [0.1, 0.15) is 10.4 Å². The topological polar surface area (TPSA) is 111 Å². The molecule has 3 heterocycles. The molecule has 0 aliphatic carbocycles. The minimum Gasteiger partial charge on any atom is -0.495 e. The van der Waals surface area contributed by atoms with Gasteiger partial charge in [0.05, 0.1) is 32.4 Å². The molecule has 0 atom stereocenters. The highest BCUT2D eigenvalue weighted by Crippen LogP contribution is 2.40. The summed E-state index contributed by atoms with van der Waals surface area (Å²) in [7, 11) is 3.24. The van der Waals surface area contributed by atoms with E-state index in [9.17, 15) is 14.9 Å². The summed E-state index contributed by atoms with van der Waals surface area (Å²) in [6.45, 7) is 4.39. The molecule has 0 radical (unpaired) electrons. The Labute approximate surface area is 211 Å². The number of carbonyl (C=O) groups is 1. The van der Waals surface area contributed by atoms with Crippen molar-refractivity contribution in [2.24, 2.45) is 0 Å². The van der Waals surface area contributed by atoms with Crippen molar-refractivity contribution in [1.82, 2.24) is 9.88 Å². The summed E-state index contributed by atoms with van der Waals surface area (Å²) in [5.74, 6) is 1.22. The summed E-state index contributed by atoms with van der Waals surface area (Å²) in [6, 6.07) is 8.45. The standard InChI is InChI=1S/C24H27N5O6S/c1-33-19-5-6-20(34-2)22-21(19)25-24(36-22)28-9-7-27(8-10-28)23(30)16-3-4-17(18(15-16)29(31)32)26-11-13-35-14-12-26/h3-6,15H,7-14H2,1-2H3. The Morgan fingerprint density at radius 2 is 1.69 bits per heavy atom. The number of nitrogens with zero attached hydrogens (tertiary/aromatic N) is 5. The molecule has 2 aromatic carbocycles. The number of fused-ring (bicyclic) bond motifs is 1. The van der Waals surface area contributed by atoms with Gasteiger partial charge in [0.1, 0.15) is 27.4 Å². The summed E-state index contributed by atoms with van der Waals surface area (Å²) < 4.78 is 17.2. The summed E-state index contributed by atoms with van der Waals surface area (Å²) in [5.41, 5.74) is 1.54. The SMILES string of the molecule is COc1ccc(OC)c2sc(N3CCN(C(=O)c4ccc(N5CCOCC5)c([N+](=O)[O-])c4)CC3)nc12. The molecule has 0 saturated carbocycles. The molecule has 1 aromatic heterocycles. The first-order valence-electron chi connectivity index (χ1n) is 11.7. The number of hydrogen-bond acceptors (Lipinski definition) is 10. The van der Waals surface area contributed by atoms with E-state index in [0.717, 1.165) is 21.1 Å². The van der Waals surface area contributed by atoms with Crippen LogP contribution >= 0.6 is 11.3 Å². The molecular weight excluding hydrogens is 486 g/mol. The van der Waals surface area contributed by atoms with E-state index in [2.05, 4.69) is 4.90 Å². The van der Waals surface area contributed by atoms with Crippen molar-refractivity contribution >= 4 is 44.0 Å². The van der Waals surface area contributed by atoms with Gasteiger partial charge < -0.3 is 28.9 Å². The molecule has 0 bridgehead atoms. The van der Waals surface area contributed by atoms with E-state index in [4.69, 9.17) is 19.2 Å². The van der Waals surface area contributed by atoms with Crippen LogP contribution in [0.15, 0.2) is 30.3 Å². The number of thiazole rings is 1. The Morgan fingerprint density at radius 1 is 1.00 bits per heavy atom. The second-order valence-electron chi connectivity index (χ2n) is 8.48. The third kappa shape index (κ3) is 4.49. The van der Waals surface area contributed by atoms with E-state index in [0.29, 0.717) is 69.5 Å². The average molecular weight is 514 g/mol. The Balaban J connectivity index is 1.31. The van der Waals surface area contributed by atoms with Crippen LogP contribution in [-0.4, -0.2) is 87.4 Å². The Hall–Kier alpha value is -3.64. The van der Waals surface area contributed by atoms with E-state index in [1.807, 2.05) is 17.0 Å². The van der Waals surface area contributed by atoms with E-state index in [1.54, 1.807) is 31.3 Å². The lowest BCUT2D eigenvalue weighted by molar-refractivity contribution is -0.384. The second-order valence-corrected chi connectivity index (χ2v) is 9.46. The highest BCUT2D eigenvalue weighted by Gasteiger charge is 2.28. The van der Waals surface area contributed by atoms with Crippen molar-refractivity contribution in [3.8, 4) is 11.5 Å². The molecule has 2 saturated heterocycles. The zero-order valence-electron chi connectivity index (χ0n) is 20.1. The summed E-state index contributed by atoms with van der Waals surface area (Å²) in [6.07, 6.45) is 0. The Bertz CT molecular complexity index is 1240. The molecule has 190 valence electrons. The number of anilines is 2. The van der Waals surface area contributed by atoms with Crippen LogP contribution in [0.2, 0.25) is 0 Å². The number of hydrogen-bond donors (Lipinski definition) is 0. The number of morpholine rings is 1. The fraction of sp³-hybridized carbons (Fsp3) is 0.417. The van der Waals surface area contributed by atoms with Crippen molar-refractivity contribution < 1.29 is 23.9 Å². The molecule has 36 heavy (non-hydrogen) atoms. The first kappa shape index (κ1) is 24.1. The lowest BCUT2D eigenvalue weighted by Crippen LogP contribution is -2.48. The molecule has 0 spiro atoms. The van der Waals surface area contributed by atoms with E-state index in [-0.39, 0.29) is 11.6 Å². The minimum atomic E-state index is -0.421. The third-order valence-electron chi connectivity index (χ3n) is 6.51. The van der Waals surface area contributed by atoms with Crippen molar-refractivity contribution in [2.75, 3.05) is 76.5 Å². The number of carbonyl (C=O) groups excluding carboxylic acids is 1. The first-order chi connectivity index (χ1) is 17.5. The van der Waals surface area contributed by atoms with Crippen molar-refractivity contribution in [3.63, 3.8) is 0 Å². The van der Waals surface area contributed by atoms with Crippen LogP contribution in [0.4, 0.5) is 16.5 Å². The van der Waals surface area contributed by atoms with Gasteiger partial charge in [0.15, 0.2) is 5.13 Å². The van der Waals surface area contributed by atoms with Gasteiger partial charge in [0.2, 0.25) is 0 Å². The predicted octanol–water partition coefficient (Wildman–Crippen LogP) is 3.02. The van der Waals surface area contributed by atoms with Crippen molar-refractivity contribution in [3.05, 3.63) is 46.0 Å². The Kier molecular flexibility index (Phi) is 6.79. The highest BCUT2D eigenvalue weighted by atomic mass is 32.1. The quantitative estimate of drug-likeness (QED) is 0.363. The average Bonchev–Trinajstić information content (AvgIpc) is 3.38. The number of amides is 1. The van der Waals surface area contributed by atoms with Crippen LogP contribution in [0, 0.1) is 10.1 Å². The zero-order chi connectivity index (χ0) is 25.2. The lowest BCUT2D eigenvalue weighted by atomic mass is 10.1. The normalized spacial score (nSPS) is 16.3. The molecule has 2 aliphatic heterocycles. The van der Waals surface area contributed by atoms with E-state index in [1.165, 1.54) is 17.4 Å². The predicted molar refractivity (Wildman–Crippen MR) is 137 cm³/mol. The van der Waals surface area contributed by atoms with Gasteiger partial charge in [-0.05, 0) is 24.3 Å². The van der Waals surface area contributed by atoms with Gasteiger partial charge in [-0.3, -0.25) is 14.9 Å². The van der Waals surface area contributed by atoms with Crippen LogP contribution in [0.5, 0.6) is 11.5 Å². The fourth-order valence-electron chi connectivity index (χ4n) is 4.57. The molecule has 11 nitrogen and oxygen atoms in total. The van der Waals surface area contributed by atoms with Gasteiger partial charge in [-0.2, -0.15) is 0 Å². The van der Waals surface area contributed by atoms with Gasteiger partial charge in [0, 0.05) is 50.9 Å². The number of ether oxygens (including phenoxy) is 3. The molecule has 0 unspecified atom stereocenters. The molecule has 1 amide bonds. The number of benzene rings is 2. The minimum absolute atomic E-state index is 0.0567. The summed E-state index contributed by atoms with van der Waals surface area (Å²) in [4.78, 5) is 35.1. The summed E-state index contributed by atoms with van der Waals surface area (Å²) in [5, 5.41) is 12.6. The van der Waals surface area contributed by atoms with Crippen LogP contribution in [0.3, 0.4) is 0 Å². The number of rotatable bonds is 6. The molecule has 12 heteroatoms. The second kappa shape index (κ2) is 10.2. The zero-order valence-corrected chi connectivity index (χ0v) is 21.0. The molecule has 2 aliphatic rings. The van der Waals surface area contributed by atoms with E-state index < -0.39 is 4.92 Å². The number of methoxy groups -OCH3 is 2. The fourth-order valence-corrected chi connectivity index (χ4v) is 5.69. The molecular formula is C24H27N5O6S. The number of nitro benzene ring substituents is 1. The van der Waals surface area contributed by atoms with Gasteiger partial charge >= 0.3 is 0 Å². The molecule has 2 fully saturated rings. The van der Waals surface area contributed by atoms with Crippen LogP contribution < -0.4 is 19.3 Å². The van der Waals surface area contributed by atoms with Crippen LogP contribution in [-0.2, 0) is 4.74 Å². The smallest absolute Gasteiger partial charge is 0.293 e. The maximum Gasteiger partial charge on any atom is 0.293 e. The van der Waals surface area contributed by atoms with Gasteiger partial charge in [-0.1, -0.05) is 11.3 Å². The molecule has 5 rings (SSSR count). The highest BCUT2D eigenvalue weighted by molar-refractivity contribution is 7.22. The van der Waals surface area contributed by atoms with Gasteiger partial charge in [-0.25, -0.2) is 4.98 Å². The first-order valence-corrected chi connectivity index (χ1v) is 12.5. The Morgan fingerprint density at radius 3 is 2.36 bits per heavy atom. The third-order valence-corrected chi connectivity index (χ3v) is 7.64. The van der Waals surface area contributed by atoms with Crippen LogP contribution in [0.25, 0.3) is 10.2 Å². The maximum absolute atomic E-state index is 13.2. The number of aromatic nitrogens is 1. The lowest BCUT2D eigenvalue weighted by Gasteiger charge is -2.34.